The van der Waals surface area contributed by atoms with Crippen molar-refractivity contribution in [3.05, 3.63) is 41.9 Å². The van der Waals surface area contributed by atoms with E-state index < -0.39 is 0 Å². The lowest BCUT2D eigenvalue weighted by atomic mass is 10.0. The van der Waals surface area contributed by atoms with Crippen LogP contribution in [0.15, 0.2) is 30.7 Å². The van der Waals surface area contributed by atoms with Gasteiger partial charge >= 0.3 is 0 Å². The zero-order valence-electron chi connectivity index (χ0n) is 8.86. The first kappa shape index (κ1) is 9.65. The van der Waals surface area contributed by atoms with Crippen molar-refractivity contribution in [3.8, 4) is 11.3 Å². The van der Waals surface area contributed by atoms with Gasteiger partial charge in [0.1, 0.15) is 6.33 Å². The second kappa shape index (κ2) is 3.69. The minimum atomic E-state index is 0.617. The van der Waals surface area contributed by atoms with E-state index in [1.54, 1.807) is 6.20 Å². The Balaban J connectivity index is 2.64. The number of benzene rings is 1. The fourth-order valence-corrected chi connectivity index (χ4v) is 1.56. The Labute approximate surface area is 89.0 Å². The molecule has 0 aliphatic carbocycles. The fraction of sp³-hybridized carbons (Fsp3) is 0.167. The van der Waals surface area contributed by atoms with Gasteiger partial charge in [0.25, 0.3) is 0 Å². The van der Waals surface area contributed by atoms with Crippen LogP contribution in [0.5, 0.6) is 0 Å². The van der Waals surface area contributed by atoms with E-state index in [4.69, 9.17) is 5.73 Å². The first-order valence-electron chi connectivity index (χ1n) is 4.81. The van der Waals surface area contributed by atoms with E-state index in [0.717, 1.165) is 11.3 Å². The third kappa shape index (κ3) is 1.81. The summed E-state index contributed by atoms with van der Waals surface area (Å²) >= 11 is 0. The molecule has 0 aliphatic heterocycles. The maximum absolute atomic E-state index is 5.85. The van der Waals surface area contributed by atoms with Crippen LogP contribution in [0.1, 0.15) is 11.1 Å². The minimum Gasteiger partial charge on any atom is -0.396 e. The van der Waals surface area contributed by atoms with Crippen molar-refractivity contribution in [1.82, 2.24) is 9.97 Å². The van der Waals surface area contributed by atoms with Crippen LogP contribution in [0.25, 0.3) is 11.3 Å². The Morgan fingerprint density at radius 1 is 1.20 bits per heavy atom. The van der Waals surface area contributed by atoms with Crippen molar-refractivity contribution >= 4 is 5.69 Å². The van der Waals surface area contributed by atoms with Crippen molar-refractivity contribution in [2.45, 2.75) is 13.8 Å². The highest BCUT2D eigenvalue weighted by Crippen LogP contribution is 2.26. The number of aromatic nitrogens is 2. The lowest BCUT2D eigenvalue weighted by Gasteiger charge is -2.08. The molecule has 0 spiro atoms. The molecular weight excluding hydrogens is 186 g/mol. The molecule has 2 N–H and O–H groups in total. The van der Waals surface area contributed by atoms with Gasteiger partial charge < -0.3 is 5.73 Å². The van der Waals surface area contributed by atoms with Crippen LogP contribution in [0, 0.1) is 13.8 Å². The summed E-state index contributed by atoms with van der Waals surface area (Å²) in [6.07, 6.45) is 3.15. The molecule has 3 heteroatoms. The third-order valence-electron chi connectivity index (χ3n) is 2.39. The van der Waals surface area contributed by atoms with Crippen LogP contribution in [0.2, 0.25) is 0 Å². The van der Waals surface area contributed by atoms with Gasteiger partial charge in [0.15, 0.2) is 0 Å². The van der Waals surface area contributed by atoms with Gasteiger partial charge in [-0.05, 0) is 25.5 Å². The molecule has 2 rings (SSSR count). The molecule has 15 heavy (non-hydrogen) atoms. The standard InChI is InChI=1S/C12H13N3/c1-8-3-4-9(2)10(5-8)12-11(13)6-14-7-15-12/h3-7H,13H2,1-2H3. The maximum Gasteiger partial charge on any atom is 0.116 e. The minimum absolute atomic E-state index is 0.617. The van der Waals surface area contributed by atoms with Gasteiger partial charge in [0.2, 0.25) is 0 Å². The van der Waals surface area contributed by atoms with Gasteiger partial charge in [-0.25, -0.2) is 9.97 Å². The van der Waals surface area contributed by atoms with E-state index in [9.17, 15) is 0 Å². The summed E-state index contributed by atoms with van der Waals surface area (Å²) in [5, 5.41) is 0. The molecule has 0 radical (unpaired) electrons. The predicted molar refractivity (Wildman–Crippen MR) is 61.4 cm³/mol. The average Bonchev–Trinajstić information content (AvgIpc) is 2.23. The molecule has 1 aromatic heterocycles. The quantitative estimate of drug-likeness (QED) is 0.767. The molecule has 3 nitrogen and oxygen atoms in total. The summed E-state index contributed by atoms with van der Waals surface area (Å²) in [4.78, 5) is 8.10. The summed E-state index contributed by atoms with van der Waals surface area (Å²) in [7, 11) is 0. The van der Waals surface area contributed by atoms with Gasteiger partial charge in [0.05, 0.1) is 17.6 Å². The Morgan fingerprint density at radius 2 is 2.00 bits per heavy atom. The summed E-state index contributed by atoms with van der Waals surface area (Å²) in [5.41, 5.74) is 10.7. The molecule has 0 amide bonds. The van der Waals surface area contributed by atoms with Crippen LogP contribution in [-0.2, 0) is 0 Å². The average molecular weight is 199 g/mol. The Kier molecular flexibility index (Phi) is 2.37. The van der Waals surface area contributed by atoms with E-state index in [0.29, 0.717) is 5.69 Å². The highest BCUT2D eigenvalue weighted by molar-refractivity contribution is 5.74. The van der Waals surface area contributed by atoms with Crippen molar-refractivity contribution in [1.29, 1.82) is 0 Å². The number of nitrogen functional groups attached to an aromatic ring is 1. The molecule has 0 unspecified atom stereocenters. The first-order chi connectivity index (χ1) is 7.18. The Morgan fingerprint density at radius 3 is 2.73 bits per heavy atom. The van der Waals surface area contributed by atoms with E-state index in [1.807, 2.05) is 0 Å². The van der Waals surface area contributed by atoms with E-state index in [-0.39, 0.29) is 0 Å². The molecule has 0 aliphatic rings. The molecule has 0 bridgehead atoms. The van der Waals surface area contributed by atoms with Crippen molar-refractivity contribution < 1.29 is 0 Å². The second-order valence-electron chi connectivity index (χ2n) is 3.65. The molecule has 76 valence electrons. The van der Waals surface area contributed by atoms with Crippen LogP contribution in [-0.4, -0.2) is 9.97 Å². The SMILES string of the molecule is Cc1ccc(C)c(-c2ncncc2N)c1. The van der Waals surface area contributed by atoms with Gasteiger partial charge in [-0.15, -0.1) is 0 Å². The topological polar surface area (TPSA) is 51.8 Å². The van der Waals surface area contributed by atoms with Crippen LogP contribution in [0.4, 0.5) is 5.69 Å². The Hall–Kier alpha value is -1.90. The highest BCUT2D eigenvalue weighted by atomic mass is 14.9. The summed E-state index contributed by atoms with van der Waals surface area (Å²) in [5.74, 6) is 0. The second-order valence-corrected chi connectivity index (χ2v) is 3.65. The number of rotatable bonds is 1. The maximum atomic E-state index is 5.85. The largest absolute Gasteiger partial charge is 0.396 e. The number of hydrogen-bond donors (Lipinski definition) is 1. The fourth-order valence-electron chi connectivity index (χ4n) is 1.56. The molecule has 2 aromatic rings. The zero-order valence-corrected chi connectivity index (χ0v) is 8.86. The monoisotopic (exact) mass is 199 g/mol. The number of anilines is 1. The normalized spacial score (nSPS) is 10.3. The molecule has 1 heterocycles. The third-order valence-corrected chi connectivity index (χ3v) is 2.39. The van der Waals surface area contributed by atoms with Crippen molar-refractivity contribution in [2.75, 3.05) is 5.73 Å². The highest BCUT2D eigenvalue weighted by Gasteiger charge is 2.06. The lowest BCUT2D eigenvalue weighted by Crippen LogP contribution is -1.96. The number of hydrogen-bond acceptors (Lipinski definition) is 3. The van der Waals surface area contributed by atoms with E-state index >= 15 is 0 Å². The van der Waals surface area contributed by atoms with Crippen LogP contribution >= 0.6 is 0 Å². The van der Waals surface area contributed by atoms with Gasteiger partial charge in [-0.3, -0.25) is 0 Å². The first-order valence-corrected chi connectivity index (χ1v) is 4.81. The van der Waals surface area contributed by atoms with Gasteiger partial charge in [0, 0.05) is 5.56 Å². The molecule has 0 atom stereocenters. The summed E-state index contributed by atoms with van der Waals surface area (Å²) < 4.78 is 0. The number of nitrogens with zero attached hydrogens (tertiary/aromatic N) is 2. The molecule has 0 fully saturated rings. The summed E-state index contributed by atoms with van der Waals surface area (Å²) in [6, 6.07) is 6.25. The number of nitrogens with two attached hydrogens (primary N) is 1. The zero-order chi connectivity index (χ0) is 10.8. The predicted octanol–water partition coefficient (Wildman–Crippen LogP) is 2.34. The molecule has 0 saturated carbocycles. The lowest BCUT2D eigenvalue weighted by molar-refractivity contribution is 1.17. The number of aryl methyl sites for hydroxylation is 2. The molecule has 0 saturated heterocycles. The smallest absolute Gasteiger partial charge is 0.116 e. The Bertz CT molecular complexity index is 492. The van der Waals surface area contributed by atoms with E-state index in [1.165, 1.54) is 17.5 Å². The van der Waals surface area contributed by atoms with E-state index in [2.05, 4.69) is 42.0 Å². The van der Waals surface area contributed by atoms with Crippen LogP contribution in [0.3, 0.4) is 0 Å². The molecule has 1 aromatic carbocycles. The van der Waals surface area contributed by atoms with Crippen molar-refractivity contribution in [3.63, 3.8) is 0 Å². The van der Waals surface area contributed by atoms with Gasteiger partial charge in [-0.2, -0.15) is 0 Å². The molecular formula is C12H13N3. The summed E-state index contributed by atoms with van der Waals surface area (Å²) in [6.45, 7) is 4.11. The van der Waals surface area contributed by atoms with Crippen molar-refractivity contribution in [2.24, 2.45) is 0 Å². The van der Waals surface area contributed by atoms with Crippen LogP contribution < -0.4 is 5.73 Å². The van der Waals surface area contributed by atoms with Gasteiger partial charge in [-0.1, -0.05) is 17.7 Å².